The summed E-state index contributed by atoms with van der Waals surface area (Å²) >= 11 is 1.54. The zero-order valence-corrected chi connectivity index (χ0v) is 16.5. The van der Waals surface area contributed by atoms with Crippen LogP contribution in [0.5, 0.6) is 11.5 Å². The molecule has 0 amide bonds. The molecule has 0 bridgehead atoms. The lowest BCUT2D eigenvalue weighted by Crippen LogP contribution is -2.36. The average molecular weight is 398 g/mol. The van der Waals surface area contributed by atoms with Crippen LogP contribution >= 0.6 is 11.3 Å². The van der Waals surface area contributed by atoms with Gasteiger partial charge in [-0.1, -0.05) is 6.07 Å². The Kier molecular flexibility index (Phi) is 6.18. The van der Waals surface area contributed by atoms with Crippen molar-refractivity contribution in [1.29, 1.82) is 0 Å². The number of hydrogen-bond acceptors (Lipinski definition) is 6. The molecule has 8 heteroatoms. The Morgan fingerprint density at radius 2 is 2.04 bits per heavy atom. The van der Waals surface area contributed by atoms with Gasteiger partial charge < -0.3 is 14.2 Å². The molecule has 0 unspecified atom stereocenters. The van der Waals surface area contributed by atoms with Crippen LogP contribution in [0, 0.1) is 0 Å². The van der Waals surface area contributed by atoms with Gasteiger partial charge in [-0.25, -0.2) is 8.42 Å². The molecular weight excluding hydrogens is 374 g/mol. The van der Waals surface area contributed by atoms with Crippen molar-refractivity contribution in [3.8, 4) is 11.5 Å². The Hall–Kier alpha value is -1.61. The van der Waals surface area contributed by atoms with Gasteiger partial charge in [0.2, 0.25) is 10.0 Å². The molecule has 0 saturated carbocycles. The monoisotopic (exact) mass is 397 g/mol. The van der Waals surface area contributed by atoms with Crippen molar-refractivity contribution < 1.29 is 22.6 Å². The molecular formula is C18H23NO5S2. The van der Waals surface area contributed by atoms with Crippen LogP contribution in [0.3, 0.4) is 0 Å². The summed E-state index contributed by atoms with van der Waals surface area (Å²) in [5, 5.41) is 1.95. The highest BCUT2D eigenvalue weighted by Crippen LogP contribution is 2.31. The quantitative estimate of drug-likeness (QED) is 0.685. The second kappa shape index (κ2) is 8.39. The number of sulfonamides is 1. The highest BCUT2D eigenvalue weighted by atomic mass is 32.2. The number of rotatable bonds is 8. The van der Waals surface area contributed by atoms with Crippen LogP contribution in [0.2, 0.25) is 0 Å². The minimum atomic E-state index is -3.70. The van der Waals surface area contributed by atoms with E-state index in [9.17, 15) is 8.42 Å². The molecule has 1 saturated heterocycles. The molecule has 2 aromatic rings. The Balaban J connectivity index is 1.92. The number of thiophene rings is 1. The highest BCUT2D eigenvalue weighted by Gasteiger charge is 2.30. The van der Waals surface area contributed by atoms with Crippen molar-refractivity contribution in [2.75, 3.05) is 27.4 Å². The number of methoxy groups -OCH3 is 2. The van der Waals surface area contributed by atoms with Crippen molar-refractivity contribution in [3.05, 3.63) is 40.6 Å². The maximum Gasteiger partial charge on any atom is 0.243 e. The van der Waals surface area contributed by atoms with Crippen LogP contribution in [0.4, 0.5) is 0 Å². The van der Waals surface area contributed by atoms with E-state index in [0.29, 0.717) is 31.2 Å². The maximum absolute atomic E-state index is 13.3. The molecule has 1 fully saturated rings. The van der Waals surface area contributed by atoms with Crippen LogP contribution in [0.25, 0.3) is 0 Å². The topological polar surface area (TPSA) is 65.1 Å². The molecule has 0 N–H and O–H groups in total. The Labute approximate surface area is 158 Å². The fraction of sp³-hybridized carbons (Fsp3) is 0.444. The molecule has 1 aromatic heterocycles. The lowest BCUT2D eigenvalue weighted by molar-refractivity contribution is 0.0927. The predicted molar refractivity (Wildman–Crippen MR) is 100 cm³/mol. The van der Waals surface area contributed by atoms with Crippen LogP contribution in [-0.4, -0.2) is 46.2 Å². The molecule has 0 aliphatic carbocycles. The van der Waals surface area contributed by atoms with Gasteiger partial charge in [0.1, 0.15) is 0 Å². The molecule has 0 spiro atoms. The van der Waals surface area contributed by atoms with E-state index in [1.54, 1.807) is 23.5 Å². The van der Waals surface area contributed by atoms with Gasteiger partial charge in [-0.05, 0) is 36.4 Å². The molecule has 142 valence electrons. The maximum atomic E-state index is 13.3. The van der Waals surface area contributed by atoms with Crippen LogP contribution in [0.15, 0.2) is 40.6 Å². The first-order valence-corrected chi connectivity index (χ1v) is 10.7. The number of hydrogen-bond donors (Lipinski definition) is 0. The van der Waals surface area contributed by atoms with Gasteiger partial charge in [0.25, 0.3) is 0 Å². The van der Waals surface area contributed by atoms with Crippen molar-refractivity contribution in [2.45, 2.75) is 30.4 Å². The van der Waals surface area contributed by atoms with E-state index in [0.717, 1.165) is 17.7 Å². The average Bonchev–Trinajstić information content (AvgIpc) is 3.34. The second-order valence-corrected chi connectivity index (χ2v) is 9.00. The fourth-order valence-corrected chi connectivity index (χ4v) is 5.23. The molecule has 0 radical (unpaired) electrons. The standard InChI is InChI=1S/C18H23NO5S2/c1-22-17-8-7-16(11-18(17)23-2)26(20,21)19(12-14-5-3-9-24-14)13-15-6-4-10-25-15/h4,6-8,10-11,14H,3,5,9,12-13H2,1-2H3/t14-/m0/s1. The van der Waals surface area contributed by atoms with E-state index in [1.807, 2.05) is 17.5 Å². The summed E-state index contributed by atoms with van der Waals surface area (Å²) in [6.07, 6.45) is 1.78. The zero-order chi connectivity index (χ0) is 18.6. The lowest BCUT2D eigenvalue weighted by Gasteiger charge is -2.24. The molecule has 2 heterocycles. The third-order valence-electron chi connectivity index (χ3n) is 4.34. The fourth-order valence-electron chi connectivity index (χ4n) is 2.97. The molecule has 6 nitrogen and oxygen atoms in total. The first-order chi connectivity index (χ1) is 12.5. The molecule has 3 rings (SSSR count). The SMILES string of the molecule is COc1ccc(S(=O)(=O)N(Cc2cccs2)C[C@@H]2CCCO2)cc1OC. The van der Waals surface area contributed by atoms with E-state index in [4.69, 9.17) is 14.2 Å². The van der Waals surface area contributed by atoms with E-state index in [1.165, 1.54) is 24.6 Å². The Morgan fingerprint density at radius 1 is 1.23 bits per heavy atom. The molecule has 1 aromatic carbocycles. The molecule has 26 heavy (non-hydrogen) atoms. The van der Waals surface area contributed by atoms with E-state index in [2.05, 4.69) is 0 Å². The van der Waals surface area contributed by atoms with Crippen LogP contribution in [0.1, 0.15) is 17.7 Å². The van der Waals surface area contributed by atoms with Gasteiger partial charge in [0.05, 0.1) is 25.2 Å². The highest BCUT2D eigenvalue weighted by molar-refractivity contribution is 7.89. The van der Waals surface area contributed by atoms with Gasteiger partial charge in [-0.15, -0.1) is 11.3 Å². The summed E-state index contributed by atoms with van der Waals surface area (Å²) in [7, 11) is -0.687. The second-order valence-electron chi connectivity index (χ2n) is 6.03. The van der Waals surface area contributed by atoms with E-state index < -0.39 is 10.0 Å². The third-order valence-corrected chi connectivity index (χ3v) is 7.01. The summed E-state index contributed by atoms with van der Waals surface area (Å²) in [6.45, 7) is 1.36. The van der Waals surface area contributed by atoms with Gasteiger partial charge in [-0.3, -0.25) is 0 Å². The van der Waals surface area contributed by atoms with Crippen molar-refractivity contribution in [1.82, 2.24) is 4.31 Å². The summed E-state index contributed by atoms with van der Waals surface area (Å²) < 4.78 is 44.2. The smallest absolute Gasteiger partial charge is 0.243 e. The first-order valence-electron chi connectivity index (χ1n) is 8.40. The van der Waals surface area contributed by atoms with Crippen molar-refractivity contribution in [3.63, 3.8) is 0 Å². The summed E-state index contributed by atoms with van der Waals surface area (Å²) in [6, 6.07) is 8.53. The number of ether oxygens (including phenoxy) is 3. The van der Waals surface area contributed by atoms with Gasteiger partial charge in [-0.2, -0.15) is 4.31 Å². The predicted octanol–water partition coefficient (Wildman–Crippen LogP) is 3.14. The molecule has 1 aliphatic rings. The molecule has 1 aliphatic heterocycles. The minimum absolute atomic E-state index is 0.0649. The van der Waals surface area contributed by atoms with E-state index >= 15 is 0 Å². The van der Waals surface area contributed by atoms with Crippen molar-refractivity contribution in [2.24, 2.45) is 0 Å². The molecule has 1 atom stereocenters. The summed E-state index contributed by atoms with van der Waals surface area (Å²) in [4.78, 5) is 1.18. The Morgan fingerprint density at radius 3 is 2.65 bits per heavy atom. The van der Waals surface area contributed by atoms with E-state index in [-0.39, 0.29) is 11.0 Å². The van der Waals surface area contributed by atoms with Crippen LogP contribution < -0.4 is 9.47 Å². The minimum Gasteiger partial charge on any atom is -0.493 e. The summed E-state index contributed by atoms with van der Waals surface area (Å²) in [5.74, 6) is 0.886. The van der Waals surface area contributed by atoms with Crippen LogP contribution in [-0.2, 0) is 21.3 Å². The van der Waals surface area contributed by atoms with Crippen molar-refractivity contribution >= 4 is 21.4 Å². The summed E-state index contributed by atoms with van der Waals surface area (Å²) in [5.41, 5.74) is 0. The largest absolute Gasteiger partial charge is 0.493 e. The number of nitrogens with zero attached hydrogens (tertiary/aromatic N) is 1. The van der Waals surface area contributed by atoms with Gasteiger partial charge in [0.15, 0.2) is 11.5 Å². The normalized spacial score (nSPS) is 17.6. The van der Waals surface area contributed by atoms with Gasteiger partial charge in [0, 0.05) is 30.6 Å². The lowest BCUT2D eigenvalue weighted by atomic mass is 10.2. The number of benzene rings is 1. The third kappa shape index (κ3) is 4.20. The Bertz CT molecular complexity index is 814. The first kappa shape index (κ1) is 19.2. The van der Waals surface area contributed by atoms with Gasteiger partial charge >= 0.3 is 0 Å². The zero-order valence-electron chi connectivity index (χ0n) is 14.9.